The number of benzene rings is 2. The van der Waals surface area contributed by atoms with Crippen LogP contribution in [0, 0.1) is 0 Å². The highest BCUT2D eigenvalue weighted by Crippen LogP contribution is 2.28. The number of amides is 2. The van der Waals surface area contributed by atoms with Gasteiger partial charge in [-0.15, -0.1) is 0 Å². The number of aliphatic carboxylic acids is 1. The minimum absolute atomic E-state index is 0.203. The van der Waals surface area contributed by atoms with Gasteiger partial charge in [-0.05, 0) is 48.4 Å². The Morgan fingerprint density at radius 2 is 1.93 bits per heavy atom. The first-order chi connectivity index (χ1) is 13.4. The maximum atomic E-state index is 12.7. The number of carbonyl (C=O) groups is 3. The topological polar surface area (TPSA) is 95.9 Å². The summed E-state index contributed by atoms with van der Waals surface area (Å²) in [5.74, 6) is -1.18. The van der Waals surface area contributed by atoms with Crippen LogP contribution in [0.15, 0.2) is 42.5 Å². The number of rotatable bonds is 6. The van der Waals surface area contributed by atoms with E-state index in [0.29, 0.717) is 30.7 Å². The SMILES string of the molecule is CCN(C)C(=O)c1cccc(C(=O)NC(C(=O)O)c2ccc3c(c2)CCO3)c1. The van der Waals surface area contributed by atoms with Crippen LogP contribution in [-0.2, 0) is 11.2 Å². The van der Waals surface area contributed by atoms with Gasteiger partial charge in [-0.3, -0.25) is 9.59 Å². The minimum atomic E-state index is -1.20. The molecule has 2 N–H and O–H groups in total. The van der Waals surface area contributed by atoms with E-state index in [9.17, 15) is 19.5 Å². The molecule has 7 heteroatoms. The molecule has 2 amide bonds. The molecule has 1 heterocycles. The Labute approximate surface area is 162 Å². The van der Waals surface area contributed by atoms with Crippen LogP contribution in [0.3, 0.4) is 0 Å². The lowest BCUT2D eigenvalue weighted by Gasteiger charge is -2.17. The van der Waals surface area contributed by atoms with Crippen LogP contribution in [-0.4, -0.2) is 48.0 Å². The first kappa shape index (κ1) is 19.4. The summed E-state index contributed by atoms with van der Waals surface area (Å²) in [5, 5.41) is 12.2. The summed E-state index contributed by atoms with van der Waals surface area (Å²) in [6.45, 7) is 2.96. The number of ether oxygens (including phenoxy) is 1. The van der Waals surface area contributed by atoms with Crippen molar-refractivity contribution < 1.29 is 24.2 Å². The van der Waals surface area contributed by atoms with Crippen molar-refractivity contribution in [3.8, 4) is 5.75 Å². The second-order valence-corrected chi connectivity index (χ2v) is 6.61. The molecule has 2 aromatic carbocycles. The molecule has 2 aromatic rings. The number of carboxylic acid groups (broad SMARTS) is 1. The lowest BCUT2D eigenvalue weighted by Crippen LogP contribution is -2.34. The van der Waals surface area contributed by atoms with Crippen molar-refractivity contribution in [1.29, 1.82) is 0 Å². The molecule has 1 unspecified atom stereocenters. The van der Waals surface area contributed by atoms with E-state index in [0.717, 1.165) is 11.3 Å². The number of hydrogen-bond acceptors (Lipinski definition) is 4. The summed E-state index contributed by atoms with van der Waals surface area (Å²) in [6.07, 6.45) is 0.707. The third-order valence-corrected chi connectivity index (χ3v) is 4.76. The summed E-state index contributed by atoms with van der Waals surface area (Å²) < 4.78 is 5.44. The number of carbonyl (C=O) groups excluding carboxylic acids is 2. The fourth-order valence-corrected chi connectivity index (χ4v) is 3.05. The largest absolute Gasteiger partial charge is 0.493 e. The Morgan fingerprint density at radius 3 is 2.64 bits per heavy atom. The van der Waals surface area contributed by atoms with Gasteiger partial charge in [-0.2, -0.15) is 0 Å². The van der Waals surface area contributed by atoms with Crippen molar-refractivity contribution in [3.63, 3.8) is 0 Å². The predicted octanol–water partition coefficient (Wildman–Crippen LogP) is 2.27. The maximum Gasteiger partial charge on any atom is 0.330 e. The van der Waals surface area contributed by atoms with Crippen molar-refractivity contribution in [1.82, 2.24) is 10.2 Å². The van der Waals surface area contributed by atoms with Gasteiger partial charge in [0.15, 0.2) is 6.04 Å². The number of hydrogen-bond donors (Lipinski definition) is 2. The fraction of sp³-hybridized carbons (Fsp3) is 0.286. The molecular formula is C21H22N2O5. The van der Waals surface area contributed by atoms with Crippen LogP contribution in [0.5, 0.6) is 5.75 Å². The standard InChI is InChI=1S/C21H22N2O5/c1-3-23(2)20(25)16-6-4-5-15(12-16)19(24)22-18(21(26)27)14-7-8-17-13(11-14)9-10-28-17/h4-8,11-12,18H,3,9-10H2,1-2H3,(H,22,24)(H,26,27). The third kappa shape index (κ3) is 3.98. The number of carboxylic acids is 1. The molecule has 0 aromatic heterocycles. The van der Waals surface area contributed by atoms with Crippen molar-refractivity contribution >= 4 is 17.8 Å². The zero-order valence-electron chi connectivity index (χ0n) is 15.8. The second kappa shape index (κ2) is 8.12. The molecule has 1 aliphatic rings. The quantitative estimate of drug-likeness (QED) is 0.799. The van der Waals surface area contributed by atoms with E-state index in [1.807, 2.05) is 6.92 Å². The smallest absolute Gasteiger partial charge is 0.330 e. The van der Waals surface area contributed by atoms with Gasteiger partial charge in [-0.25, -0.2) is 4.79 Å². The van der Waals surface area contributed by atoms with Crippen LogP contribution in [0.25, 0.3) is 0 Å². The average molecular weight is 382 g/mol. The van der Waals surface area contributed by atoms with E-state index in [1.54, 1.807) is 43.4 Å². The zero-order chi connectivity index (χ0) is 20.3. The van der Waals surface area contributed by atoms with Gasteiger partial charge in [0.05, 0.1) is 6.61 Å². The molecule has 0 aliphatic carbocycles. The molecule has 0 saturated carbocycles. The van der Waals surface area contributed by atoms with Gasteiger partial charge in [0.1, 0.15) is 5.75 Å². The lowest BCUT2D eigenvalue weighted by molar-refractivity contribution is -0.139. The average Bonchev–Trinajstić information content (AvgIpc) is 3.18. The molecule has 0 radical (unpaired) electrons. The minimum Gasteiger partial charge on any atom is -0.493 e. The van der Waals surface area contributed by atoms with E-state index in [2.05, 4.69) is 5.32 Å². The molecule has 1 aliphatic heterocycles. The highest BCUT2D eigenvalue weighted by molar-refractivity contribution is 6.00. The predicted molar refractivity (Wildman–Crippen MR) is 103 cm³/mol. The van der Waals surface area contributed by atoms with Gasteiger partial charge in [0.25, 0.3) is 11.8 Å². The molecule has 3 rings (SSSR count). The zero-order valence-corrected chi connectivity index (χ0v) is 15.8. The Bertz CT molecular complexity index is 925. The summed E-state index contributed by atoms with van der Waals surface area (Å²) in [5.41, 5.74) is 2.00. The molecule has 7 nitrogen and oxygen atoms in total. The first-order valence-electron chi connectivity index (χ1n) is 9.05. The number of fused-ring (bicyclic) bond motifs is 1. The Morgan fingerprint density at radius 1 is 1.18 bits per heavy atom. The number of nitrogens with one attached hydrogen (secondary N) is 1. The van der Waals surface area contributed by atoms with Crippen molar-refractivity contribution in [3.05, 3.63) is 64.7 Å². The summed E-state index contributed by atoms with van der Waals surface area (Å²) >= 11 is 0. The van der Waals surface area contributed by atoms with Crippen LogP contribution in [0.4, 0.5) is 0 Å². The van der Waals surface area contributed by atoms with Crippen LogP contribution in [0.2, 0.25) is 0 Å². The van der Waals surface area contributed by atoms with E-state index in [-0.39, 0.29) is 11.5 Å². The molecule has 28 heavy (non-hydrogen) atoms. The summed E-state index contributed by atoms with van der Waals surface area (Å²) in [6, 6.07) is 10.2. The van der Waals surface area contributed by atoms with Crippen LogP contribution >= 0.6 is 0 Å². The Balaban J connectivity index is 1.82. The molecule has 1 atom stereocenters. The van der Waals surface area contributed by atoms with Crippen molar-refractivity contribution in [2.75, 3.05) is 20.2 Å². The highest BCUT2D eigenvalue weighted by Gasteiger charge is 2.25. The summed E-state index contributed by atoms with van der Waals surface area (Å²) in [7, 11) is 1.67. The summed E-state index contributed by atoms with van der Waals surface area (Å²) in [4.78, 5) is 38.3. The van der Waals surface area contributed by atoms with Crippen LogP contribution < -0.4 is 10.1 Å². The van der Waals surface area contributed by atoms with Gasteiger partial charge in [-0.1, -0.05) is 12.1 Å². The van der Waals surface area contributed by atoms with Gasteiger partial charge in [0, 0.05) is 31.1 Å². The van der Waals surface area contributed by atoms with Crippen molar-refractivity contribution in [2.24, 2.45) is 0 Å². The second-order valence-electron chi connectivity index (χ2n) is 6.61. The van der Waals surface area contributed by atoms with E-state index < -0.39 is 17.9 Å². The first-order valence-corrected chi connectivity index (χ1v) is 9.05. The van der Waals surface area contributed by atoms with E-state index >= 15 is 0 Å². The molecule has 146 valence electrons. The number of nitrogens with zero attached hydrogens (tertiary/aromatic N) is 1. The lowest BCUT2D eigenvalue weighted by atomic mass is 10.0. The molecule has 0 saturated heterocycles. The van der Waals surface area contributed by atoms with Gasteiger partial charge in [0.2, 0.25) is 0 Å². The highest BCUT2D eigenvalue weighted by atomic mass is 16.5. The van der Waals surface area contributed by atoms with E-state index in [1.165, 1.54) is 11.0 Å². The van der Waals surface area contributed by atoms with Crippen LogP contribution in [0.1, 0.15) is 44.8 Å². The van der Waals surface area contributed by atoms with E-state index in [4.69, 9.17) is 4.74 Å². The van der Waals surface area contributed by atoms with Crippen molar-refractivity contribution in [2.45, 2.75) is 19.4 Å². The normalized spacial score (nSPS) is 13.2. The molecular weight excluding hydrogens is 360 g/mol. The van der Waals surface area contributed by atoms with Gasteiger partial charge >= 0.3 is 5.97 Å². The molecule has 0 spiro atoms. The maximum absolute atomic E-state index is 12.7. The monoisotopic (exact) mass is 382 g/mol. The Hall–Kier alpha value is -3.35. The molecule has 0 fully saturated rings. The molecule has 0 bridgehead atoms. The third-order valence-electron chi connectivity index (χ3n) is 4.76. The van der Waals surface area contributed by atoms with Gasteiger partial charge < -0.3 is 20.1 Å². The fourth-order valence-electron chi connectivity index (χ4n) is 3.05. The Kier molecular flexibility index (Phi) is 5.63.